The highest BCUT2D eigenvalue weighted by molar-refractivity contribution is 7.99. The van der Waals surface area contributed by atoms with Crippen molar-refractivity contribution in [1.29, 1.82) is 0 Å². The quantitative estimate of drug-likeness (QED) is 0.849. The molecule has 0 spiro atoms. The molecule has 1 fully saturated rings. The highest BCUT2D eigenvalue weighted by Gasteiger charge is 2.28. The first-order chi connectivity index (χ1) is 7.29. The maximum Gasteiger partial charge on any atom is 0.0787 e. The van der Waals surface area contributed by atoms with Crippen molar-refractivity contribution in [2.24, 2.45) is 0 Å². The van der Waals surface area contributed by atoms with E-state index in [0.29, 0.717) is 0 Å². The Morgan fingerprint density at radius 2 is 2.20 bits per heavy atom. The summed E-state index contributed by atoms with van der Waals surface area (Å²) in [6.45, 7) is 1.61. The zero-order chi connectivity index (χ0) is 10.6. The summed E-state index contributed by atoms with van der Waals surface area (Å²) in [5.74, 6) is 2.19. The Morgan fingerprint density at radius 3 is 2.87 bits per heavy atom. The molecule has 0 saturated carbocycles. The zero-order valence-corrected chi connectivity index (χ0v) is 10.4. The van der Waals surface area contributed by atoms with Gasteiger partial charge >= 0.3 is 0 Å². The molecule has 4 heteroatoms. The van der Waals surface area contributed by atoms with Gasteiger partial charge in [0.1, 0.15) is 0 Å². The molecule has 0 bridgehead atoms. The number of thioether (sulfide) groups is 1. The van der Waals surface area contributed by atoms with Crippen molar-refractivity contribution >= 4 is 23.1 Å². The van der Waals surface area contributed by atoms with Gasteiger partial charge < -0.3 is 10.4 Å². The second kappa shape index (κ2) is 5.34. The van der Waals surface area contributed by atoms with Crippen LogP contribution >= 0.6 is 23.1 Å². The van der Waals surface area contributed by atoms with Gasteiger partial charge in [-0.15, -0.1) is 11.3 Å². The third-order valence-corrected chi connectivity index (χ3v) is 4.62. The molecule has 0 aromatic carbocycles. The Balaban J connectivity index is 1.72. The smallest absolute Gasteiger partial charge is 0.0787 e. The van der Waals surface area contributed by atoms with Crippen LogP contribution in [0, 0.1) is 0 Å². The predicted octanol–water partition coefficient (Wildman–Crippen LogP) is 2.10. The van der Waals surface area contributed by atoms with E-state index in [1.165, 1.54) is 4.88 Å². The maximum atomic E-state index is 10.2. The lowest BCUT2D eigenvalue weighted by Crippen LogP contribution is -2.43. The van der Waals surface area contributed by atoms with Gasteiger partial charge in [-0.05, 0) is 35.8 Å². The van der Waals surface area contributed by atoms with Crippen LogP contribution < -0.4 is 5.32 Å². The van der Waals surface area contributed by atoms with E-state index in [1.807, 2.05) is 11.8 Å². The molecular formula is C11H17NOS2. The minimum atomic E-state index is -0.456. The third kappa shape index (κ3) is 3.48. The first kappa shape index (κ1) is 11.5. The minimum Gasteiger partial charge on any atom is -0.389 e. The molecule has 1 aromatic heterocycles. The lowest BCUT2D eigenvalue weighted by atomic mass is 9.97. The van der Waals surface area contributed by atoms with E-state index in [9.17, 15) is 5.11 Å². The fraction of sp³-hybridized carbons (Fsp3) is 0.636. The number of rotatable bonds is 4. The molecule has 0 unspecified atom stereocenters. The van der Waals surface area contributed by atoms with Crippen molar-refractivity contribution in [2.75, 3.05) is 18.1 Å². The summed E-state index contributed by atoms with van der Waals surface area (Å²) in [6.07, 6.45) is 1.85. The molecule has 84 valence electrons. The van der Waals surface area contributed by atoms with E-state index in [1.54, 1.807) is 11.3 Å². The molecule has 2 N–H and O–H groups in total. The molecule has 1 saturated heterocycles. The van der Waals surface area contributed by atoms with E-state index in [0.717, 1.165) is 37.4 Å². The van der Waals surface area contributed by atoms with Gasteiger partial charge in [0, 0.05) is 18.0 Å². The van der Waals surface area contributed by atoms with Crippen molar-refractivity contribution < 1.29 is 5.11 Å². The van der Waals surface area contributed by atoms with E-state index in [-0.39, 0.29) is 0 Å². The molecule has 0 atom stereocenters. The molecular weight excluding hydrogens is 226 g/mol. The van der Waals surface area contributed by atoms with Crippen LogP contribution in [0.5, 0.6) is 0 Å². The van der Waals surface area contributed by atoms with E-state index in [2.05, 4.69) is 22.8 Å². The SMILES string of the molecule is OC1(CNCc2cccs2)CCSCC1. The molecule has 0 radical (unpaired) electrons. The molecule has 0 aliphatic carbocycles. The minimum absolute atomic E-state index is 0.456. The first-order valence-corrected chi connectivity index (χ1v) is 7.35. The van der Waals surface area contributed by atoms with Gasteiger partial charge in [0.05, 0.1) is 5.60 Å². The van der Waals surface area contributed by atoms with Crippen LogP contribution in [-0.2, 0) is 6.54 Å². The van der Waals surface area contributed by atoms with Crippen molar-refractivity contribution in [3.63, 3.8) is 0 Å². The Hall–Kier alpha value is -0.0300. The second-order valence-electron chi connectivity index (χ2n) is 4.02. The molecule has 0 amide bonds. The van der Waals surface area contributed by atoms with Crippen LogP contribution in [0.2, 0.25) is 0 Å². The van der Waals surface area contributed by atoms with Crippen LogP contribution in [-0.4, -0.2) is 28.8 Å². The zero-order valence-electron chi connectivity index (χ0n) is 8.74. The van der Waals surface area contributed by atoms with Crippen LogP contribution in [0.3, 0.4) is 0 Å². The van der Waals surface area contributed by atoms with Crippen molar-refractivity contribution in [2.45, 2.75) is 25.0 Å². The maximum absolute atomic E-state index is 10.2. The number of hydrogen-bond donors (Lipinski definition) is 2. The third-order valence-electron chi connectivity index (χ3n) is 2.76. The topological polar surface area (TPSA) is 32.3 Å². The molecule has 2 heterocycles. The summed E-state index contributed by atoms with van der Waals surface area (Å²) in [6, 6.07) is 4.19. The van der Waals surface area contributed by atoms with Crippen LogP contribution in [0.25, 0.3) is 0 Å². The monoisotopic (exact) mass is 243 g/mol. The lowest BCUT2D eigenvalue weighted by Gasteiger charge is -2.31. The van der Waals surface area contributed by atoms with Gasteiger partial charge in [-0.3, -0.25) is 0 Å². The molecule has 2 nitrogen and oxygen atoms in total. The Bertz CT molecular complexity index is 281. The highest BCUT2D eigenvalue weighted by Crippen LogP contribution is 2.26. The first-order valence-electron chi connectivity index (χ1n) is 5.32. The Kier molecular flexibility index (Phi) is 4.08. The molecule has 1 aliphatic rings. The Morgan fingerprint density at radius 1 is 1.40 bits per heavy atom. The fourth-order valence-electron chi connectivity index (χ4n) is 1.76. The van der Waals surface area contributed by atoms with Crippen LogP contribution in [0.15, 0.2) is 17.5 Å². The van der Waals surface area contributed by atoms with Gasteiger partial charge in [0.25, 0.3) is 0 Å². The van der Waals surface area contributed by atoms with Gasteiger partial charge in [-0.25, -0.2) is 0 Å². The second-order valence-corrected chi connectivity index (χ2v) is 6.28. The number of thiophene rings is 1. The lowest BCUT2D eigenvalue weighted by molar-refractivity contribution is 0.0321. The molecule has 1 aromatic rings. The van der Waals surface area contributed by atoms with Gasteiger partial charge in [0.2, 0.25) is 0 Å². The highest BCUT2D eigenvalue weighted by atomic mass is 32.2. The van der Waals surface area contributed by atoms with Crippen molar-refractivity contribution in [1.82, 2.24) is 5.32 Å². The van der Waals surface area contributed by atoms with Gasteiger partial charge in [-0.1, -0.05) is 6.07 Å². The predicted molar refractivity (Wildman–Crippen MR) is 67.5 cm³/mol. The summed E-state index contributed by atoms with van der Waals surface area (Å²) in [5, 5.41) is 15.7. The summed E-state index contributed by atoms with van der Waals surface area (Å²) in [5.41, 5.74) is -0.456. The van der Waals surface area contributed by atoms with Crippen molar-refractivity contribution in [3.05, 3.63) is 22.4 Å². The number of hydrogen-bond acceptors (Lipinski definition) is 4. The van der Waals surface area contributed by atoms with E-state index in [4.69, 9.17) is 0 Å². The Labute approximate surface area is 99.1 Å². The average Bonchev–Trinajstić information content (AvgIpc) is 2.71. The number of aliphatic hydroxyl groups is 1. The summed E-state index contributed by atoms with van der Waals surface area (Å²) in [7, 11) is 0. The molecule has 2 rings (SSSR count). The van der Waals surface area contributed by atoms with Gasteiger partial charge in [-0.2, -0.15) is 11.8 Å². The summed E-state index contributed by atoms with van der Waals surface area (Å²) in [4.78, 5) is 1.34. The largest absolute Gasteiger partial charge is 0.389 e. The van der Waals surface area contributed by atoms with Crippen molar-refractivity contribution in [3.8, 4) is 0 Å². The van der Waals surface area contributed by atoms with E-state index >= 15 is 0 Å². The summed E-state index contributed by atoms with van der Waals surface area (Å²) >= 11 is 3.70. The van der Waals surface area contributed by atoms with Gasteiger partial charge in [0.15, 0.2) is 0 Å². The van der Waals surface area contributed by atoms with E-state index < -0.39 is 5.60 Å². The molecule has 1 aliphatic heterocycles. The fourth-order valence-corrected chi connectivity index (χ4v) is 3.69. The average molecular weight is 243 g/mol. The normalized spacial score (nSPS) is 20.3. The molecule has 15 heavy (non-hydrogen) atoms. The van der Waals surface area contributed by atoms with Crippen LogP contribution in [0.4, 0.5) is 0 Å². The summed E-state index contributed by atoms with van der Waals surface area (Å²) < 4.78 is 0. The van der Waals surface area contributed by atoms with Crippen LogP contribution in [0.1, 0.15) is 17.7 Å². The standard InChI is InChI=1S/C11H17NOS2/c13-11(3-6-14-7-4-11)9-12-8-10-2-1-5-15-10/h1-2,5,12-13H,3-4,6-9H2. The number of nitrogens with one attached hydrogen (secondary N) is 1.